The molecule has 0 spiro atoms. The minimum Gasteiger partial charge on any atom is -0.348 e. The molecule has 1 rings (SSSR count). The molecule has 0 unspecified atom stereocenters. The molecule has 1 aromatic rings. The molecule has 0 aliphatic rings. The predicted octanol–water partition coefficient (Wildman–Crippen LogP) is 1.74. The summed E-state index contributed by atoms with van der Waals surface area (Å²) in [6, 6.07) is 5.47. The van der Waals surface area contributed by atoms with Crippen molar-refractivity contribution in [2.45, 2.75) is 32.4 Å². The summed E-state index contributed by atoms with van der Waals surface area (Å²) in [6.45, 7) is 3.57. The average Bonchev–Trinajstić information content (AvgIpc) is 2.28. The number of nitrogens with two attached hydrogens (primary N) is 1. The Balaban J connectivity index is 2.69. The lowest BCUT2D eigenvalue weighted by molar-refractivity contribution is -0.123. The first-order valence-corrected chi connectivity index (χ1v) is 5.36. The summed E-state index contributed by atoms with van der Waals surface area (Å²) in [5, 5.41) is 2.68. The van der Waals surface area contributed by atoms with Crippen molar-refractivity contribution in [1.82, 2.24) is 5.32 Å². The zero-order chi connectivity index (χ0) is 12.1. The molecule has 2 atom stereocenters. The molecular weight excluding hydrogens is 207 g/mol. The molecule has 0 fully saturated rings. The van der Waals surface area contributed by atoms with Gasteiger partial charge in [0, 0.05) is 5.56 Å². The highest BCUT2D eigenvalue weighted by atomic mass is 19.1. The highest BCUT2D eigenvalue weighted by molar-refractivity contribution is 5.81. The Labute approximate surface area is 94.8 Å². The van der Waals surface area contributed by atoms with Crippen LogP contribution in [0.15, 0.2) is 24.3 Å². The SMILES string of the molecule is CC[C@H](N)C(=O)N[C@H](C)c1ccccc1F. The van der Waals surface area contributed by atoms with Gasteiger partial charge in [0.2, 0.25) is 5.91 Å². The van der Waals surface area contributed by atoms with Gasteiger partial charge in [0.25, 0.3) is 0 Å². The molecule has 0 aliphatic carbocycles. The van der Waals surface area contributed by atoms with Gasteiger partial charge in [-0.05, 0) is 19.4 Å². The molecule has 1 aromatic carbocycles. The van der Waals surface area contributed by atoms with Gasteiger partial charge in [0.05, 0.1) is 12.1 Å². The van der Waals surface area contributed by atoms with E-state index in [9.17, 15) is 9.18 Å². The number of hydrogen-bond acceptors (Lipinski definition) is 2. The van der Waals surface area contributed by atoms with Crippen LogP contribution in [0.2, 0.25) is 0 Å². The standard InChI is InChI=1S/C12H17FN2O/c1-3-11(14)12(16)15-8(2)9-6-4-5-7-10(9)13/h4-8,11H,3,14H2,1-2H3,(H,15,16)/t8-,11+/m1/s1. The largest absolute Gasteiger partial charge is 0.348 e. The van der Waals surface area contributed by atoms with Crippen LogP contribution in [0.5, 0.6) is 0 Å². The minimum absolute atomic E-state index is 0.252. The molecule has 0 saturated carbocycles. The van der Waals surface area contributed by atoms with Crippen LogP contribution in [0.25, 0.3) is 0 Å². The maximum atomic E-state index is 13.4. The summed E-state index contributed by atoms with van der Waals surface area (Å²) in [4.78, 5) is 11.5. The van der Waals surface area contributed by atoms with Crippen LogP contribution in [-0.2, 0) is 4.79 Å². The Hall–Kier alpha value is -1.42. The van der Waals surface area contributed by atoms with Crippen LogP contribution in [-0.4, -0.2) is 11.9 Å². The second kappa shape index (κ2) is 5.61. The van der Waals surface area contributed by atoms with E-state index in [4.69, 9.17) is 5.73 Å². The van der Waals surface area contributed by atoms with E-state index in [2.05, 4.69) is 5.32 Å². The smallest absolute Gasteiger partial charge is 0.237 e. The lowest BCUT2D eigenvalue weighted by Crippen LogP contribution is -2.41. The van der Waals surface area contributed by atoms with Crippen molar-refractivity contribution in [2.24, 2.45) is 5.73 Å². The fraction of sp³-hybridized carbons (Fsp3) is 0.417. The van der Waals surface area contributed by atoms with E-state index in [0.717, 1.165) is 0 Å². The van der Waals surface area contributed by atoms with Crippen molar-refractivity contribution in [3.8, 4) is 0 Å². The maximum absolute atomic E-state index is 13.4. The number of amides is 1. The van der Waals surface area contributed by atoms with Gasteiger partial charge in [0.1, 0.15) is 5.82 Å². The topological polar surface area (TPSA) is 55.1 Å². The van der Waals surface area contributed by atoms with E-state index in [1.807, 2.05) is 6.92 Å². The predicted molar refractivity (Wildman–Crippen MR) is 61.2 cm³/mol. The summed E-state index contributed by atoms with van der Waals surface area (Å²) >= 11 is 0. The molecule has 0 radical (unpaired) electrons. The molecule has 0 saturated heterocycles. The summed E-state index contributed by atoms with van der Waals surface area (Å²) in [6.07, 6.45) is 0.565. The van der Waals surface area contributed by atoms with Gasteiger partial charge in [-0.1, -0.05) is 25.1 Å². The van der Waals surface area contributed by atoms with E-state index < -0.39 is 6.04 Å². The van der Waals surface area contributed by atoms with Gasteiger partial charge in [-0.3, -0.25) is 4.79 Å². The van der Waals surface area contributed by atoms with Crippen molar-refractivity contribution in [3.05, 3.63) is 35.6 Å². The Morgan fingerprint density at radius 3 is 2.69 bits per heavy atom. The Bertz CT molecular complexity index is 368. The van der Waals surface area contributed by atoms with Gasteiger partial charge in [-0.25, -0.2) is 4.39 Å². The third-order valence-electron chi connectivity index (χ3n) is 2.51. The minimum atomic E-state index is -0.533. The molecule has 0 heterocycles. The summed E-state index contributed by atoms with van der Waals surface area (Å²) < 4.78 is 13.4. The second-order valence-corrected chi connectivity index (χ2v) is 3.77. The first kappa shape index (κ1) is 12.6. The molecule has 4 heteroatoms. The Kier molecular flexibility index (Phi) is 4.43. The quantitative estimate of drug-likeness (QED) is 0.818. The number of nitrogens with one attached hydrogen (secondary N) is 1. The second-order valence-electron chi connectivity index (χ2n) is 3.77. The van der Waals surface area contributed by atoms with Crippen molar-refractivity contribution >= 4 is 5.91 Å². The van der Waals surface area contributed by atoms with Crippen LogP contribution in [0.1, 0.15) is 31.9 Å². The Morgan fingerprint density at radius 2 is 2.12 bits per heavy atom. The molecule has 88 valence electrons. The van der Waals surface area contributed by atoms with Gasteiger partial charge in [-0.2, -0.15) is 0 Å². The molecular formula is C12H17FN2O. The lowest BCUT2D eigenvalue weighted by Gasteiger charge is -2.17. The normalized spacial score (nSPS) is 14.2. The van der Waals surface area contributed by atoms with Crippen LogP contribution in [0.3, 0.4) is 0 Å². The molecule has 3 nitrogen and oxygen atoms in total. The van der Waals surface area contributed by atoms with Crippen LogP contribution in [0.4, 0.5) is 4.39 Å². The molecule has 3 N–H and O–H groups in total. The number of carbonyl (C=O) groups excluding carboxylic acids is 1. The first-order chi connectivity index (χ1) is 7.56. The average molecular weight is 224 g/mol. The van der Waals surface area contributed by atoms with Gasteiger partial charge >= 0.3 is 0 Å². The van der Waals surface area contributed by atoms with E-state index in [1.165, 1.54) is 6.07 Å². The number of hydrogen-bond donors (Lipinski definition) is 2. The molecule has 0 bridgehead atoms. The molecule has 16 heavy (non-hydrogen) atoms. The zero-order valence-corrected chi connectivity index (χ0v) is 9.53. The maximum Gasteiger partial charge on any atom is 0.237 e. The number of carbonyl (C=O) groups is 1. The monoisotopic (exact) mass is 224 g/mol. The van der Waals surface area contributed by atoms with Crippen LogP contribution < -0.4 is 11.1 Å². The van der Waals surface area contributed by atoms with Crippen molar-refractivity contribution in [3.63, 3.8) is 0 Å². The van der Waals surface area contributed by atoms with E-state index in [0.29, 0.717) is 12.0 Å². The third-order valence-corrected chi connectivity index (χ3v) is 2.51. The van der Waals surface area contributed by atoms with Crippen LogP contribution >= 0.6 is 0 Å². The van der Waals surface area contributed by atoms with Gasteiger partial charge in [-0.15, -0.1) is 0 Å². The first-order valence-electron chi connectivity index (χ1n) is 5.36. The lowest BCUT2D eigenvalue weighted by atomic mass is 10.1. The van der Waals surface area contributed by atoms with E-state index >= 15 is 0 Å². The summed E-state index contributed by atoms with van der Waals surface area (Å²) in [7, 11) is 0. The summed E-state index contributed by atoms with van der Waals surface area (Å²) in [5.74, 6) is -0.571. The van der Waals surface area contributed by atoms with Crippen molar-refractivity contribution < 1.29 is 9.18 Å². The number of benzene rings is 1. The number of halogens is 1. The number of rotatable bonds is 4. The van der Waals surface area contributed by atoms with Crippen molar-refractivity contribution in [2.75, 3.05) is 0 Å². The molecule has 0 aliphatic heterocycles. The van der Waals surface area contributed by atoms with E-state index in [-0.39, 0.29) is 17.8 Å². The fourth-order valence-electron chi connectivity index (χ4n) is 1.41. The summed E-state index contributed by atoms with van der Waals surface area (Å²) in [5.41, 5.74) is 6.05. The fourth-order valence-corrected chi connectivity index (χ4v) is 1.41. The van der Waals surface area contributed by atoms with Crippen LogP contribution in [0, 0.1) is 5.82 Å². The van der Waals surface area contributed by atoms with Crippen molar-refractivity contribution in [1.29, 1.82) is 0 Å². The highest BCUT2D eigenvalue weighted by Crippen LogP contribution is 2.15. The van der Waals surface area contributed by atoms with E-state index in [1.54, 1.807) is 25.1 Å². The van der Waals surface area contributed by atoms with Gasteiger partial charge in [0.15, 0.2) is 0 Å². The van der Waals surface area contributed by atoms with Gasteiger partial charge < -0.3 is 11.1 Å². The zero-order valence-electron chi connectivity index (χ0n) is 9.53. The highest BCUT2D eigenvalue weighted by Gasteiger charge is 2.16. The molecule has 0 aromatic heterocycles. The Morgan fingerprint density at radius 1 is 1.50 bits per heavy atom. The molecule has 1 amide bonds. The third kappa shape index (κ3) is 3.03.